The van der Waals surface area contributed by atoms with Crippen LogP contribution in [-0.2, 0) is 4.74 Å². The minimum absolute atomic E-state index is 0.339. The number of rotatable bonds is 4. The summed E-state index contributed by atoms with van der Waals surface area (Å²) in [6.45, 7) is 5.58. The molecule has 0 aromatic carbocycles. The fourth-order valence-electron chi connectivity index (χ4n) is 2.14. The standard InChI is InChI=1S/C14H20N2O3/c1-11-8-12(16-4-6-18-7-5-16)15-13(9-11)19-10-14(17)2-3-14/h8-9,17H,2-7,10H2,1H3. The van der Waals surface area contributed by atoms with Crippen molar-refractivity contribution < 1.29 is 14.6 Å². The predicted molar refractivity (Wildman–Crippen MR) is 71.7 cm³/mol. The van der Waals surface area contributed by atoms with Crippen molar-refractivity contribution in [3.63, 3.8) is 0 Å². The fourth-order valence-corrected chi connectivity index (χ4v) is 2.14. The molecule has 1 saturated carbocycles. The van der Waals surface area contributed by atoms with E-state index in [1.54, 1.807) is 0 Å². The average Bonchev–Trinajstić information content (AvgIpc) is 3.16. The molecule has 1 N–H and O–H groups in total. The molecule has 2 fully saturated rings. The van der Waals surface area contributed by atoms with E-state index < -0.39 is 5.60 Å². The SMILES string of the molecule is Cc1cc(OCC2(O)CC2)nc(N2CCOCC2)c1. The molecule has 2 aliphatic rings. The van der Waals surface area contributed by atoms with Crippen molar-refractivity contribution in [2.45, 2.75) is 25.4 Å². The second kappa shape index (κ2) is 4.98. The molecule has 2 heterocycles. The molecule has 0 radical (unpaired) electrons. The van der Waals surface area contributed by atoms with E-state index in [9.17, 15) is 5.11 Å². The third-order valence-corrected chi connectivity index (χ3v) is 3.58. The Morgan fingerprint density at radius 3 is 2.79 bits per heavy atom. The maximum absolute atomic E-state index is 9.80. The quantitative estimate of drug-likeness (QED) is 0.883. The van der Waals surface area contributed by atoms with E-state index in [-0.39, 0.29) is 0 Å². The van der Waals surface area contributed by atoms with Gasteiger partial charge in [-0.1, -0.05) is 0 Å². The molecule has 104 valence electrons. The van der Waals surface area contributed by atoms with Crippen LogP contribution in [0.3, 0.4) is 0 Å². The summed E-state index contributed by atoms with van der Waals surface area (Å²) in [6.07, 6.45) is 1.66. The molecule has 0 bridgehead atoms. The van der Waals surface area contributed by atoms with Gasteiger partial charge in [0.1, 0.15) is 12.4 Å². The molecule has 0 spiro atoms. The summed E-state index contributed by atoms with van der Waals surface area (Å²) in [5.41, 5.74) is 0.513. The van der Waals surface area contributed by atoms with Crippen molar-refractivity contribution in [3.05, 3.63) is 17.7 Å². The summed E-state index contributed by atoms with van der Waals surface area (Å²) < 4.78 is 11.0. The number of anilines is 1. The summed E-state index contributed by atoms with van der Waals surface area (Å²) in [7, 11) is 0. The van der Waals surface area contributed by atoms with Crippen molar-refractivity contribution in [1.82, 2.24) is 4.98 Å². The van der Waals surface area contributed by atoms with Crippen LogP contribution in [0, 0.1) is 6.92 Å². The predicted octanol–water partition coefficient (Wildman–Crippen LogP) is 1.13. The molecular formula is C14H20N2O3. The number of nitrogens with zero attached hydrogens (tertiary/aromatic N) is 2. The Morgan fingerprint density at radius 1 is 1.37 bits per heavy atom. The van der Waals surface area contributed by atoms with Crippen LogP contribution in [-0.4, -0.2) is 48.6 Å². The van der Waals surface area contributed by atoms with E-state index in [2.05, 4.69) is 16.0 Å². The van der Waals surface area contributed by atoms with Crippen molar-refractivity contribution in [3.8, 4) is 5.88 Å². The number of aryl methyl sites for hydroxylation is 1. The maximum atomic E-state index is 9.80. The van der Waals surface area contributed by atoms with Gasteiger partial charge in [-0.2, -0.15) is 4.98 Å². The van der Waals surface area contributed by atoms with Gasteiger partial charge in [0.2, 0.25) is 5.88 Å². The van der Waals surface area contributed by atoms with E-state index >= 15 is 0 Å². The van der Waals surface area contributed by atoms with Gasteiger partial charge in [0.25, 0.3) is 0 Å². The highest BCUT2D eigenvalue weighted by molar-refractivity contribution is 5.44. The van der Waals surface area contributed by atoms with Crippen LogP contribution in [0.1, 0.15) is 18.4 Å². The number of hydrogen-bond donors (Lipinski definition) is 1. The first-order chi connectivity index (χ1) is 9.15. The lowest BCUT2D eigenvalue weighted by molar-refractivity contribution is 0.0832. The van der Waals surface area contributed by atoms with E-state index in [0.29, 0.717) is 12.5 Å². The first-order valence-corrected chi connectivity index (χ1v) is 6.81. The topological polar surface area (TPSA) is 54.8 Å². The highest BCUT2D eigenvalue weighted by atomic mass is 16.5. The largest absolute Gasteiger partial charge is 0.475 e. The van der Waals surface area contributed by atoms with Crippen LogP contribution in [0.5, 0.6) is 5.88 Å². The van der Waals surface area contributed by atoms with Crippen LogP contribution in [0.2, 0.25) is 0 Å². The van der Waals surface area contributed by atoms with Crippen LogP contribution in [0.25, 0.3) is 0 Å². The molecule has 0 amide bonds. The van der Waals surface area contributed by atoms with E-state index in [1.807, 2.05) is 13.0 Å². The fraction of sp³-hybridized carbons (Fsp3) is 0.643. The molecule has 0 atom stereocenters. The lowest BCUT2D eigenvalue weighted by Crippen LogP contribution is -2.36. The highest BCUT2D eigenvalue weighted by Crippen LogP contribution is 2.35. The van der Waals surface area contributed by atoms with E-state index in [0.717, 1.165) is 50.5 Å². The summed E-state index contributed by atoms with van der Waals surface area (Å²) in [4.78, 5) is 6.73. The molecule has 5 nitrogen and oxygen atoms in total. The Labute approximate surface area is 113 Å². The smallest absolute Gasteiger partial charge is 0.215 e. The van der Waals surface area contributed by atoms with Crippen molar-refractivity contribution in [1.29, 1.82) is 0 Å². The lowest BCUT2D eigenvalue weighted by atomic mass is 10.2. The molecule has 1 aliphatic heterocycles. The molecular weight excluding hydrogens is 244 g/mol. The van der Waals surface area contributed by atoms with Gasteiger partial charge in [0.15, 0.2) is 0 Å². The van der Waals surface area contributed by atoms with Gasteiger partial charge in [-0.25, -0.2) is 0 Å². The van der Waals surface area contributed by atoms with Crippen molar-refractivity contribution >= 4 is 5.82 Å². The summed E-state index contributed by atoms with van der Waals surface area (Å²) in [6, 6.07) is 3.97. The summed E-state index contributed by atoms with van der Waals surface area (Å²) >= 11 is 0. The molecule has 19 heavy (non-hydrogen) atoms. The molecule has 3 rings (SSSR count). The van der Waals surface area contributed by atoms with Gasteiger partial charge in [-0.3, -0.25) is 0 Å². The minimum atomic E-state index is -0.607. The monoisotopic (exact) mass is 264 g/mol. The van der Waals surface area contributed by atoms with Crippen LogP contribution in [0.15, 0.2) is 12.1 Å². The Morgan fingerprint density at radius 2 is 2.11 bits per heavy atom. The average molecular weight is 264 g/mol. The van der Waals surface area contributed by atoms with E-state index in [1.165, 1.54) is 0 Å². The Kier molecular flexibility index (Phi) is 3.33. The minimum Gasteiger partial charge on any atom is -0.475 e. The van der Waals surface area contributed by atoms with Crippen LogP contribution >= 0.6 is 0 Å². The van der Waals surface area contributed by atoms with Gasteiger partial charge < -0.3 is 19.5 Å². The molecule has 1 aromatic heterocycles. The van der Waals surface area contributed by atoms with E-state index in [4.69, 9.17) is 9.47 Å². The van der Waals surface area contributed by atoms with Gasteiger partial charge in [0, 0.05) is 19.2 Å². The molecule has 1 aromatic rings. The number of ether oxygens (including phenoxy) is 2. The first-order valence-electron chi connectivity index (χ1n) is 6.81. The van der Waals surface area contributed by atoms with Gasteiger partial charge >= 0.3 is 0 Å². The summed E-state index contributed by atoms with van der Waals surface area (Å²) in [5.74, 6) is 1.53. The Balaban J connectivity index is 1.71. The molecule has 1 aliphatic carbocycles. The number of hydrogen-bond acceptors (Lipinski definition) is 5. The second-order valence-corrected chi connectivity index (χ2v) is 5.45. The van der Waals surface area contributed by atoms with Crippen LogP contribution < -0.4 is 9.64 Å². The Hall–Kier alpha value is -1.33. The van der Waals surface area contributed by atoms with Crippen molar-refractivity contribution in [2.24, 2.45) is 0 Å². The molecule has 5 heteroatoms. The lowest BCUT2D eigenvalue weighted by Gasteiger charge is -2.28. The first kappa shape index (κ1) is 12.7. The zero-order chi connectivity index (χ0) is 13.3. The second-order valence-electron chi connectivity index (χ2n) is 5.45. The van der Waals surface area contributed by atoms with Gasteiger partial charge in [0.05, 0.1) is 18.8 Å². The number of aromatic nitrogens is 1. The van der Waals surface area contributed by atoms with Gasteiger partial charge in [-0.15, -0.1) is 0 Å². The molecule has 1 saturated heterocycles. The maximum Gasteiger partial charge on any atom is 0.215 e. The highest BCUT2D eigenvalue weighted by Gasteiger charge is 2.41. The normalized spacial score (nSPS) is 21.3. The van der Waals surface area contributed by atoms with Crippen LogP contribution in [0.4, 0.5) is 5.82 Å². The summed E-state index contributed by atoms with van der Waals surface area (Å²) in [5, 5.41) is 9.80. The number of aliphatic hydroxyl groups is 1. The Bertz CT molecular complexity index is 454. The zero-order valence-corrected chi connectivity index (χ0v) is 11.3. The van der Waals surface area contributed by atoms with Gasteiger partial charge in [-0.05, 0) is 31.4 Å². The van der Waals surface area contributed by atoms with Crippen molar-refractivity contribution in [2.75, 3.05) is 37.8 Å². The third-order valence-electron chi connectivity index (χ3n) is 3.58. The molecule has 0 unspecified atom stereocenters. The zero-order valence-electron chi connectivity index (χ0n) is 11.3. The number of pyridine rings is 1. The third kappa shape index (κ3) is 3.16. The number of morpholine rings is 1.